The van der Waals surface area contributed by atoms with Crippen molar-refractivity contribution in [2.75, 3.05) is 0 Å². The monoisotopic (exact) mass is 296 g/mol. The van der Waals surface area contributed by atoms with Crippen LogP contribution in [0, 0.1) is 47.9 Å². The molecule has 0 radical (unpaired) electrons. The molecule has 0 aromatic heterocycles. The van der Waals surface area contributed by atoms with Crippen LogP contribution in [-0.4, -0.2) is 0 Å². The molecule has 3 atom stereocenters. The van der Waals surface area contributed by atoms with Crippen molar-refractivity contribution in [2.24, 2.45) is 17.8 Å². The number of fused-ring (bicyclic) bond motifs is 1. The number of hydrogen-bond acceptors (Lipinski definition) is 0. The zero-order valence-corrected chi connectivity index (χ0v) is 11.7. The van der Waals surface area contributed by atoms with Gasteiger partial charge in [-0.25, -0.2) is 17.6 Å². The number of halogens is 4. The van der Waals surface area contributed by atoms with Crippen LogP contribution >= 0.6 is 0 Å². The third-order valence-electron chi connectivity index (χ3n) is 4.75. The minimum atomic E-state index is -1.28. The molecule has 1 aromatic carbocycles. The van der Waals surface area contributed by atoms with Crippen LogP contribution in [0.2, 0.25) is 0 Å². The fourth-order valence-corrected chi connectivity index (χ4v) is 3.53. The number of hydrogen-bond donors (Lipinski definition) is 0. The Morgan fingerprint density at radius 2 is 1.52 bits per heavy atom. The second-order valence-corrected chi connectivity index (χ2v) is 5.91. The molecule has 2 aliphatic carbocycles. The Morgan fingerprint density at radius 3 is 2.19 bits per heavy atom. The lowest BCUT2D eigenvalue weighted by atomic mass is 9.83. The van der Waals surface area contributed by atoms with Crippen molar-refractivity contribution in [2.45, 2.75) is 26.2 Å². The molecule has 0 N–H and O–H groups in total. The smallest absolute Gasteiger partial charge is 0.165 e. The highest BCUT2D eigenvalue weighted by molar-refractivity contribution is 5.30. The van der Waals surface area contributed by atoms with Crippen LogP contribution in [0.25, 0.3) is 0 Å². The van der Waals surface area contributed by atoms with Crippen molar-refractivity contribution < 1.29 is 17.6 Å². The quantitative estimate of drug-likeness (QED) is 0.540. The zero-order chi connectivity index (χ0) is 15.1. The normalized spacial score (nSPS) is 27.2. The molecular formula is C17H16F4. The van der Waals surface area contributed by atoms with Gasteiger partial charge in [-0.2, -0.15) is 0 Å². The first-order valence-electron chi connectivity index (χ1n) is 7.17. The summed E-state index contributed by atoms with van der Waals surface area (Å²) in [7, 11) is 0. The van der Waals surface area contributed by atoms with Crippen LogP contribution in [0.15, 0.2) is 24.3 Å². The van der Waals surface area contributed by atoms with Crippen LogP contribution < -0.4 is 0 Å². The average molecular weight is 296 g/mol. The molecule has 0 bridgehead atoms. The predicted molar refractivity (Wildman–Crippen MR) is 72.7 cm³/mol. The molecule has 1 unspecified atom stereocenters. The molecule has 2 aliphatic rings. The molecule has 0 heterocycles. The van der Waals surface area contributed by atoms with Gasteiger partial charge >= 0.3 is 0 Å². The summed E-state index contributed by atoms with van der Waals surface area (Å²) in [6.45, 7) is 1.04. The van der Waals surface area contributed by atoms with Gasteiger partial charge in [0.15, 0.2) is 23.3 Å². The van der Waals surface area contributed by atoms with Gasteiger partial charge in [-0.15, -0.1) is 0 Å². The summed E-state index contributed by atoms with van der Waals surface area (Å²) >= 11 is 0. The highest BCUT2D eigenvalue weighted by Crippen LogP contribution is 2.43. The van der Waals surface area contributed by atoms with Gasteiger partial charge in [0, 0.05) is 11.1 Å². The first-order chi connectivity index (χ1) is 10.0. The largest absolute Gasteiger partial charge is 0.203 e. The van der Waals surface area contributed by atoms with Gasteiger partial charge in [-0.05, 0) is 43.9 Å². The van der Waals surface area contributed by atoms with E-state index >= 15 is 0 Å². The summed E-state index contributed by atoms with van der Waals surface area (Å²) in [4.78, 5) is 0. The fourth-order valence-electron chi connectivity index (χ4n) is 3.53. The summed E-state index contributed by atoms with van der Waals surface area (Å²) < 4.78 is 55.2. The summed E-state index contributed by atoms with van der Waals surface area (Å²) in [6, 6.07) is 0. The number of allylic oxidation sites excluding steroid dienone is 4. The van der Waals surface area contributed by atoms with Crippen LogP contribution in [0.4, 0.5) is 17.6 Å². The van der Waals surface area contributed by atoms with Gasteiger partial charge in [-0.3, -0.25) is 0 Å². The van der Waals surface area contributed by atoms with Crippen molar-refractivity contribution in [3.63, 3.8) is 0 Å². The maximum Gasteiger partial charge on any atom is 0.165 e. The van der Waals surface area contributed by atoms with E-state index in [1.807, 2.05) is 18.2 Å². The first kappa shape index (κ1) is 14.4. The summed E-state index contributed by atoms with van der Waals surface area (Å²) in [5.74, 6) is -4.47. The lowest BCUT2D eigenvalue weighted by Gasteiger charge is -2.22. The molecule has 0 amide bonds. The van der Waals surface area contributed by atoms with Gasteiger partial charge in [0.2, 0.25) is 0 Å². The standard InChI is InChI=1S/C17H16F4/c1-9-14(18)16(20)13(17(21)15(9)19)8-11-7-6-10-4-2-3-5-12(10)11/h2-5,10-12H,6-8H2,1H3/t10?,11-,12-/m1/s1. The van der Waals surface area contributed by atoms with E-state index in [1.165, 1.54) is 0 Å². The molecule has 1 fully saturated rings. The second-order valence-electron chi connectivity index (χ2n) is 5.91. The van der Waals surface area contributed by atoms with E-state index < -0.39 is 34.4 Å². The molecule has 112 valence electrons. The van der Waals surface area contributed by atoms with E-state index in [1.54, 1.807) is 0 Å². The van der Waals surface area contributed by atoms with Gasteiger partial charge in [0.1, 0.15) is 0 Å². The molecular weight excluding hydrogens is 280 g/mol. The van der Waals surface area contributed by atoms with Gasteiger partial charge in [0.05, 0.1) is 0 Å². The Hall–Kier alpha value is -1.58. The maximum absolute atomic E-state index is 14.0. The summed E-state index contributed by atoms with van der Waals surface area (Å²) in [6.07, 6.45) is 9.78. The summed E-state index contributed by atoms with van der Waals surface area (Å²) in [5, 5.41) is 0. The number of rotatable bonds is 2. The van der Waals surface area contributed by atoms with E-state index in [0.29, 0.717) is 5.92 Å². The molecule has 4 heteroatoms. The van der Waals surface area contributed by atoms with Crippen molar-refractivity contribution in [1.29, 1.82) is 0 Å². The average Bonchev–Trinajstić information content (AvgIpc) is 2.91. The van der Waals surface area contributed by atoms with Crippen molar-refractivity contribution in [3.05, 3.63) is 58.7 Å². The Balaban J connectivity index is 1.93. The SMILES string of the molecule is Cc1c(F)c(F)c(C[C@H]2CCC3C=CC=C[C@H]32)c(F)c1F. The van der Waals surface area contributed by atoms with Gasteiger partial charge in [-0.1, -0.05) is 24.3 Å². The third-order valence-corrected chi connectivity index (χ3v) is 4.75. The molecule has 0 nitrogen and oxygen atoms in total. The van der Waals surface area contributed by atoms with Crippen LogP contribution in [-0.2, 0) is 6.42 Å². The Labute approximate surface area is 121 Å². The van der Waals surface area contributed by atoms with Crippen LogP contribution in [0.5, 0.6) is 0 Å². The molecule has 0 aliphatic heterocycles. The maximum atomic E-state index is 14.0. The molecule has 0 spiro atoms. The zero-order valence-electron chi connectivity index (χ0n) is 11.7. The number of benzene rings is 1. The van der Waals surface area contributed by atoms with Crippen molar-refractivity contribution in [1.82, 2.24) is 0 Å². The Bertz CT molecular complexity index is 601. The van der Waals surface area contributed by atoms with E-state index in [4.69, 9.17) is 0 Å². The molecule has 1 aromatic rings. The van der Waals surface area contributed by atoms with E-state index in [9.17, 15) is 17.6 Å². The molecule has 3 rings (SSSR count). The van der Waals surface area contributed by atoms with E-state index in [-0.39, 0.29) is 18.3 Å². The topological polar surface area (TPSA) is 0 Å². The lowest BCUT2D eigenvalue weighted by Crippen LogP contribution is -2.17. The fraction of sp³-hybridized carbons (Fsp3) is 0.412. The van der Waals surface area contributed by atoms with Crippen molar-refractivity contribution >= 4 is 0 Å². The lowest BCUT2D eigenvalue weighted by molar-refractivity contribution is 0.381. The van der Waals surface area contributed by atoms with E-state index in [0.717, 1.165) is 19.8 Å². The van der Waals surface area contributed by atoms with Crippen molar-refractivity contribution in [3.8, 4) is 0 Å². The molecule has 0 saturated heterocycles. The Kier molecular flexibility index (Phi) is 3.64. The van der Waals surface area contributed by atoms with Gasteiger partial charge < -0.3 is 0 Å². The second kappa shape index (κ2) is 5.32. The van der Waals surface area contributed by atoms with Crippen LogP contribution in [0.3, 0.4) is 0 Å². The summed E-state index contributed by atoms with van der Waals surface area (Å²) in [5.41, 5.74) is -1.05. The molecule has 1 saturated carbocycles. The minimum Gasteiger partial charge on any atom is -0.203 e. The van der Waals surface area contributed by atoms with E-state index in [2.05, 4.69) is 6.08 Å². The Morgan fingerprint density at radius 1 is 0.905 bits per heavy atom. The van der Waals surface area contributed by atoms with Crippen LogP contribution in [0.1, 0.15) is 24.0 Å². The molecule has 21 heavy (non-hydrogen) atoms. The minimum absolute atomic E-state index is 0.0155. The third kappa shape index (κ3) is 2.30. The highest BCUT2D eigenvalue weighted by Gasteiger charge is 2.35. The predicted octanol–water partition coefficient (Wildman–Crippen LogP) is 4.86. The first-order valence-corrected chi connectivity index (χ1v) is 7.17. The van der Waals surface area contributed by atoms with Gasteiger partial charge in [0.25, 0.3) is 0 Å². The highest BCUT2D eigenvalue weighted by atomic mass is 19.2.